The molecule has 0 spiro atoms. The van der Waals surface area contributed by atoms with Crippen LogP contribution >= 0.6 is 20.8 Å². The van der Waals surface area contributed by atoms with Crippen LogP contribution in [0.1, 0.15) is 5.56 Å². The Labute approximate surface area is 185 Å². The summed E-state index contributed by atoms with van der Waals surface area (Å²) in [6.45, 7) is 0. The summed E-state index contributed by atoms with van der Waals surface area (Å²) in [7, 11) is 1.58. The van der Waals surface area contributed by atoms with Crippen molar-refractivity contribution in [3.63, 3.8) is 0 Å². The van der Waals surface area contributed by atoms with Gasteiger partial charge in [-0.15, -0.1) is 0 Å². The fourth-order valence-corrected chi connectivity index (χ4v) is 11.8. The molecule has 4 aromatic carbocycles. The van der Waals surface area contributed by atoms with Crippen molar-refractivity contribution < 1.29 is 9.84 Å². The van der Waals surface area contributed by atoms with Crippen LogP contribution in [0, 0.1) is 0 Å². The van der Waals surface area contributed by atoms with Crippen molar-refractivity contribution in [1.29, 1.82) is 0 Å². The molecule has 30 heavy (non-hydrogen) atoms. The van der Waals surface area contributed by atoms with Gasteiger partial charge in [0.1, 0.15) is 0 Å². The molecule has 0 unspecified atom stereocenters. The van der Waals surface area contributed by atoms with Gasteiger partial charge in [-0.25, -0.2) is 0 Å². The maximum absolute atomic E-state index is 11.0. The zero-order valence-electron chi connectivity index (χ0n) is 16.8. The maximum atomic E-state index is 11.0. The summed E-state index contributed by atoms with van der Waals surface area (Å²) < 4.78 is 5.40. The first-order valence-electron chi connectivity index (χ1n) is 9.82. The van der Waals surface area contributed by atoms with E-state index in [-0.39, 0.29) is 5.75 Å². The Morgan fingerprint density at radius 2 is 1.10 bits per heavy atom. The predicted octanol–water partition coefficient (Wildman–Crippen LogP) is 5.74. The summed E-state index contributed by atoms with van der Waals surface area (Å²) in [4.78, 5) is 0. The first kappa shape index (κ1) is 20.7. The topological polar surface area (TPSA) is 29.5 Å². The van der Waals surface area contributed by atoms with E-state index in [1.54, 1.807) is 13.2 Å². The van der Waals surface area contributed by atoms with E-state index >= 15 is 0 Å². The molecule has 152 valence electrons. The molecule has 0 radical (unpaired) electrons. The van der Waals surface area contributed by atoms with Gasteiger partial charge in [-0.1, -0.05) is 0 Å². The zero-order valence-corrected chi connectivity index (χ0v) is 19.3. The van der Waals surface area contributed by atoms with Gasteiger partial charge in [0.25, 0.3) is 0 Å². The summed E-state index contributed by atoms with van der Waals surface area (Å²) in [5.41, 5.74) is 0.848. The fraction of sp³-hybridized carbons (Fsp3) is 0.0769. The number of aromatic hydroxyl groups is 1. The number of benzene rings is 4. The van der Waals surface area contributed by atoms with E-state index in [0.717, 1.165) is 5.56 Å². The van der Waals surface area contributed by atoms with Gasteiger partial charge in [0.15, 0.2) is 0 Å². The van der Waals surface area contributed by atoms with Crippen LogP contribution in [-0.2, 0) is 6.16 Å². The Hall–Kier alpha value is -2.61. The van der Waals surface area contributed by atoms with Gasteiger partial charge in [0.2, 0.25) is 0 Å². The summed E-state index contributed by atoms with van der Waals surface area (Å²) in [6.07, 6.45) is 0.618. The minimum atomic E-state index is -3.15. The van der Waals surface area contributed by atoms with Crippen LogP contribution in [0.25, 0.3) is 0 Å². The van der Waals surface area contributed by atoms with E-state index in [4.69, 9.17) is 4.74 Å². The second-order valence-corrected chi connectivity index (χ2v) is 16.2. The second-order valence-electron chi connectivity index (χ2n) is 7.32. The van der Waals surface area contributed by atoms with Crippen molar-refractivity contribution in [3.8, 4) is 11.5 Å². The molecule has 0 heterocycles. The first-order chi connectivity index (χ1) is 14.6. The number of hydrogen-bond donors (Lipinski definition) is 1. The van der Waals surface area contributed by atoms with Crippen LogP contribution in [0.15, 0.2) is 109 Å². The summed E-state index contributed by atoms with van der Waals surface area (Å²) in [6, 6.07) is 37.4. The van der Waals surface area contributed by atoms with Gasteiger partial charge in [-0.2, -0.15) is 0 Å². The van der Waals surface area contributed by atoms with Crippen molar-refractivity contribution in [2.45, 2.75) is 6.16 Å². The summed E-state index contributed by atoms with van der Waals surface area (Å²) in [5.74, 6) is 0.676. The quantitative estimate of drug-likeness (QED) is 0.358. The third-order valence-corrected chi connectivity index (χ3v) is 15.2. The minimum absolute atomic E-state index is 0.191. The first-order valence-corrected chi connectivity index (χ1v) is 14.3. The molecule has 0 bridgehead atoms. The Morgan fingerprint density at radius 1 is 0.667 bits per heavy atom. The van der Waals surface area contributed by atoms with Gasteiger partial charge in [-0.05, 0) is 0 Å². The average molecular weight is 479 g/mol. The van der Waals surface area contributed by atoms with Crippen LogP contribution in [0.3, 0.4) is 0 Å². The van der Waals surface area contributed by atoms with Crippen molar-refractivity contribution in [3.05, 3.63) is 115 Å². The van der Waals surface area contributed by atoms with Crippen LogP contribution in [0.5, 0.6) is 11.5 Å². The molecule has 0 amide bonds. The third kappa shape index (κ3) is 3.33. The number of hydrogen-bond acceptors (Lipinski definition) is 2. The van der Waals surface area contributed by atoms with E-state index < -0.39 is 5.31 Å². The molecule has 4 rings (SSSR count). The SMILES string of the molecule is COc1cccc(CP(Br)(c2ccccc2)(c2ccccc2)c2ccccc2)c1O. The molecular weight excluding hydrogens is 455 g/mol. The molecule has 0 saturated carbocycles. The van der Waals surface area contributed by atoms with Crippen LogP contribution in [0.4, 0.5) is 0 Å². The van der Waals surface area contributed by atoms with Crippen molar-refractivity contribution in [2.24, 2.45) is 0 Å². The molecule has 4 heteroatoms. The van der Waals surface area contributed by atoms with Gasteiger partial charge < -0.3 is 0 Å². The Bertz CT molecular complexity index is 1030. The number of phenolic OH excluding ortho intramolecular Hbond substituents is 1. The molecule has 0 aliphatic carbocycles. The van der Waals surface area contributed by atoms with Gasteiger partial charge in [0.05, 0.1) is 0 Å². The van der Waals surface area contributed by atoms with Gasteiger partial charge in [-0.3, -0.25) is 0 Å². The average Bonchev–Trinajstić information content (AvgIpc) is 2.82. The molecule has 2 nitrogen and oxygen atoms in total. The molecular formula is C26H24BrO2P. The Morgan fingerprint density at radius 3 is 1.50 bits per heavy atom. The van der Waals surface area contributed by atoms with E-state index in [0.29, 0.717) is 11.9 Å². The van der Waals surface area contributed by atoms with E-state index in [1.807, 2.05) is 30.3 Å². The van der Waals surface area contributed by atoms with Gasteiger partial charge >= 0.3 is 186 Å². The van der Waals surface area contributed by atoms with Crippen molar-refractivity contribution >= 4 is 36.7 Å². The zero-order chi connectivity index (χ0) is 21.1. The molecule has 0 aromatic heterocycles. The predicted molar refractivity (Wildman–Crippen MR) is 132 cm³/mol. The van der Waals surface area contributed by atoms with Gasteiger partial charge in [0, 0.05) is 0 Å². The van der Waals surface area contributed by atoms with Crippen molar-refractivity contribution in [2.75, 3.05) is 7.11 Å². The van der Waals surface area contributed by atoms with E-state index in [9.17, 15) is 5.11 Å². The molecule has 0 aliphatic heterocycles. The normalized spacial score (nSPS) is 12.7. The number of ether oxygens (including phenoxy) is 1. The van der Waals surface area contributed by atoms with Crippen LogP contribution < -0.4 is 20.7 Å². The number of methoxy groups -OCH3 is 1. The molecule has 0 atom stereocenters. The molecule has 0 saturated heterocycles. The third-order valence-electron chi connectivity index (χ3n) is 5.65. The van der Waals surface area contributed by atoms with E-state index in [2.05, 4.69) is 88.3 Å². The standard InChI is InChI=1S/C26H24BrO2P/c1-29-25-19-11-12-21(26(25)28)20-30(27,22-13-5-2-6-14-22,23-15-7-3-8-16-23)24-17-9-4-10-18-24/h2-19,28H,20H2,1H3. The number of phenols is 1. The Balaban J connectivity index is 2.09. The van der Waals surface area contributed by atoms with Crippen LogP contribution in [-0.4, -0.2) is 12.2 Å². The number of halogens is 1. The monoisotopic (exact) mass is 478 g/mol. The number of para-hydroxylation sites is 1. The Kier molecular flexibility index (Phi) is 5.69. The molecule has 4 aromatic rings. The molecule has 1 N–H and O–H groups in total. The second kappa shape index (κ2) is 8.26. The van der Waals surface area contributed by atoms with Crippen molar-refractivity contribution in [1.82, 2.24) is 0 Å². The summed E-state index contributed by atoms with van der Waals surface area (Å²) in [5, 5.41) is 11.5. The molecule has 0 aliphatic rings. The van der Waals surface area contributed by atoms with E-state index in [1.165, 1.54) is 15.9 Å². The number of rotatable bonds is 6. The molecule has 0 fully saturated rings. The summed E-state index contributed by atoms with van der Waals surface area (Å²) >= 11 is 4.41. The van der Waals surface area contributed by atoms with Crippen LogP contribution in [0.2, 0.25) is 0 Å². The fourth-order valence-electron chi connectivity index (χ4n) is 4.12.